The molecule has 1 aromatic heterocycles. The van der Waals surface area contributed by atoms with Crippen LogP contribution in [0.2, 0.25) is 0 Å². The van der Waals surface area contributed by atoms with E-state index in [9.17, 15) is 10.1 Å². The standard InChI is InChI=1S/C24H18N4O2/c25-15-18(24-27-21-8-4-5-9-22(21)28-24)14-17-10-12-20(13-11-17)30-16-23(29)26-19-6-2-1-3-7-19/h1-14H,16H2,(H,26,29)(H,27,28)/b18-14+. The first-order valence-electron chi connectivity index (χ1n) is 9.36. The Hall–Kier alpha value is -4.37. The second-order valence-corrected chi connectivity index (χ2v) is 6.54. The number of imidazole rings is 1. The van der Waals surface area contributed by atoms with E-state index in [1.54, 1.807) is 18.2 Å². The molecule has 4 rings (SSSR count). The van der Waals surface area contributed by atoms with Gasteiger partial charge in [0.25, 0.3) is 5.91 Å². The van der Waals surface area contributed by atoms with Gasteiger partial charge in [0.05, 0.1) is 16.6 Å². The van der Waals surface area contributed by atoms with Crippen molar-refractivity contribution in [2.24, 2.45) is 0 Å². The van der Waals surface area contributed by atoms with Crippen molar-refractivity contribution in [3.63, 3.8) is 0 Å². The minimum Gasteiger partial charge on any atom is -0.484 e. The van der Waals surface area contributed by atoms with Gasteiger partial charge in [-0.3, -0.25) is 4.79 Å². The van der Waals surface area contributed by atoms with Gasteiger partial charge >= 0.3 is 0 Å². The summed E-state index contributed by atoms with van der Waals surface area (Å²) in [5.74, 6) is 0.857. The van der Waals surface area contributed by atoms with Crippen LogP contribution >= 0.6 is 0 Å². The number of fused-ring (bicyclic) bond motifs is 1. The molecule has 0 radical (unpaired) electrons. The lowest BCUT2D eigenvalue weighted by atomic mass is 10.1. The highest BCUT2D eigenvalue weighted by Crippen LogP contribution is 2.20. The Labute approximate surface area is 173 Å². The molecule has 0 spiro atoms. The topological polar surface area (TPSA) is 90.8 Å². The molecule has 6 nitrogen and oxygen atoms in total. The maximum absolute atomic E-state index is 12.0. The number of hydrogen-bond donors (Lipinski definition) is 2. The maximum atomic E-state index is 12.0. The zero-order chi connectivity index (χ0) is 20.8. The third kappa shape index (κ3) is 4.54. The smallest absolute Gasteiger partial charge is 0.262 e. The lowest BCUT2D eigenvalue weighted by molar-refractivity contribution is -0.118. The molecule has 3 aromatic carbocycles. The molecule has 0 aliphatic heterocycles. The Kier molecular flexibility index (Phi) is 5.54. The van der Waals surface area contributed by atoms with Crippen molar-refractivity contribution in [1.82, 2.24) is 9.97 Å². The number of aromatic amines is 1. The Morgan fingerprint density at radius 3 is 2.50 bits per heavy atom. The molecule has 0 aliphatic carbocycles. The summed E-state index contributed by atoms with van der Waals surface area (Å²) in [5.41, 5.74) is 3.67. The number of benzene rings is 3. The number of anilines is 1. The fourth-order valence-electron chi connectivity index (χ4n) is 2.93. The SMILES string of the molecule is N#C/C(=C\c1ccc(OCC(=O)Nc2ccccc2)cc1)c1nc2ccccc2[nH]1. The summed E-state index contributed by atoms with van der Waals surface area (Å²) in [7, 11) is 0. The number of carbonyl (C=O) groups is 1. The van der Waals surface area contributed by atoms with Gasteiger partial charge in [0.15, 0.2) is 6.61 Å². The summed E-state index contributed by atoms with van der Waals surface area (Å²) >= 11 is 0. The number of ether oxygens (including phenoxy) is 1. The van der Waals surface area contributed by atoms with E-state index in [-0.39, 0.29) is 12.5 Å². The van der Waals surface area contributed by atoms with Gasteiger partial charge in [0.2, 0.25) is 0 Å². The molecule has 2 N–H and O–H groups in total. The van der Waals surface area contributed by atoms with Crippen molar-refractivity contribution in [2.45, 2.75) is 0 Å². The predicted molar refractivity (Wildman–Crippen MR) is 117 cm³/mol. The third-order valence-corrected chi connectivity index (χ3v) is 4.38. The summed E-state index contributed by atoms with van der Waals surface area (Å²) in [6.45, 7) is -0.0908. The fraction of sp³-hybridized carbons (Fsp3) is 0.0417. The van der Waals surface area contributed by atoms with E-state index in [4.69, 9.17) is 4.74 Å². The van der Waals surface area contributed by atoms with E-state index >= 15 is 0 Å². The van der Waals surface area contributed by atoms with Gasteiger partial charge < -0.3 is 15.0 Å². The largest absolute Gasteiger partial charge is 0.484 e. The Morgan fingerprint density at radius 1 is 1.03 bits per heavy atom. The molecule has 30 heavy (non-hydrogen) atoms. The van der Waals surface area contributed by atoms with Crippen molar-refractivity contribution in [3.05, 3.63) is 90.3 Å². The average Bonchev–Trinajstić information content (AvgIpc) is 3.21. The van der Waals surface area contributed by atoms with E-state index in [1.807, 2.05) is 66.7 Å². The molecule has 6 heteroatoms. The second-order valence-electron chi connectivity index (χ2n) is 6.54. The van der Waals surface area contributed by atoms with E-state index in [1.165, 1.54) is 0 Å². The number of para-hydroxylation sites is 3. The Bertz CT molecular complexity index is 1200. The lowest BCUT2D eigenvalue weighted by Gasteiger charge is -2.07. The number of allylic oxidation sites excluding steroid dienone is 1. The Balaban J connectivity index is 1.41. The number of amides is 1. The van der Waals surface area contributed by atoms with Gasteiger partial charge in [-0.1, -0.05) is 42.5 Å². The van der Waals surface area contributed by atoms with Gasteiger partial charge in [0, 0.05) is 5.69 Å². The molecule has 1 amide bonds. The summed E-state index contributed by atoms with van der Waals surface area (Å²) in [5, 5.41) is 12.3. The minimum absolute atomic E-state index is 0.0908. The first kappa shape index (κ1) is 19.0. The first-order valence-corrected chi connectivity index (χ1v) is 9.36. The molecule has 0 unspecified atom stereocenters. The molecule has 0 saturated heterocycles. The molecule has 0 fully saturated rings. The van der Waals surface area contributed by atoms with Gasteiger partial charge in [-0.2, -0.15) is 5.26 Å². The average molecular weight is 394 g/mol. The molecule has 1 heterocycles. The first-order chi connectivity index (χ1) is 14.7. The van der Waals surface area contributed by atoms with Crippen LogP contribution in [0.1, 0.15) is 11.4 Å². The molecular formula is C24H18N4O2. The molecule has 0 bridgehead atoms. The second kappa shape index (κ2) is 8.76. The summed E-state index contributed by atoms with van der Waals surface area (Å²) in [4.78, 5) is 19.6. The molecule has 0 aliphatic rings. The number of aromatic nitrogens is 2. The zero-order valence-electron chi connectivity index (χ0n) is 16.0. The molecule has 0 saturated carbocycles. The van der Waals surface area contributed by atoms with Crippen LogP contribution in [-0.4, -0.2) is 22.5 Å². The minimum atomic E-state index is -0.234. The van der Waals surface area contributed by atoms with E-state index in [0.717, 1.165) is 22.3 Å². The number of rotatable bonds is 6. The van der Waals surface area contributed by atoms with E-state index in [0.29, 0.717) is 17.1 Å². The van der Waals surface area contributed by atoms with Crippen molar-refractivity contribution >= 4 is 34.3 Å². The van der Waals surface area contributed by atoms with Crippen molar-refractivity contribution in [3.8, 4) is 11.8 Å². The van der Waals surface area contributed by atoms with Crippen LogP contribution in [0.5, 0.6) is 5.75 Å². The van der Waals surface area contributed by atoms with Crippen molar-refractivity contribution in [1.29, 1.82) is 5.26 Å². The van der Waals surface area contributed by atoms with Crippen LogP contribution < -0.4 is 10.1 Å². The quantitative estimate of drug-likeness (QED) is 0.466. The van der Waals surface area contributed by atoms with Gasteiger partial charge in [-0.15, -0.1) is 0 Å². The molecule has 146 valence electrons. The number of nitrogens with one attached hydrogen (secondary N) is 2. The Morgan fingerprint density at radius 2 is 1.77 bits per heavy atom. The number of nitriles is 1. The number of hydrogen-bond acceptors (Lipinski definition) is 4. The highest BCUT2D eigenvalue weighted by atomic mass is 16.5. The number of carbonyl (C=O) groups excluding carboxylic acids is 1. The van der Waals surface area contributed by atoms with Crippen LogP contribution in [0.3, 0.4) is 0 Å². The predicted octanol–water partition coefficient (Wildman–Crippen LogP) is 4.64. The van der Waals surface area contributed by atoms with E-state index in [2.05, 4.69) is 21.4 Å². The van der Waals surface area contributed by atoms with Crippen LogP contribution in [0, 0.1) is 11.3 Å². The summed E-state index contributed by atoms with van der Waals surface area (Å²) in [6, 6.07) is 26.2. The monoisotopic (exact) mass is 394 g/mol. The van der Waals surface area contributed by atoms with Gasteiger partial charge in [-0.05, 0) is 48.0 Å². The van der Waals surface area contributed by atoms with Crippen molar-refractivity contribution < 1.29 is 9.53 Å². The maximum Gasteiger partial charge on any atom is 0.262 e. The molecule has 0 atom stereocenters. The van der Waals surface area contributed by atoms with Gasteiger partial charge in [-0.25, -0.2) is 4.98 Å². The summed E-state index contributed by atoms with van der Waals surface area (Å²) < 4.78 is 5.53. The van der Waals surface area contributed by atoms with Crippen LogP contribution in [0.25, 0.3) is 22.7 Å². The molecule has 4 aromatic rings. The van der Waals surface area contributed by atoms with E-state index < -0.39 is 0 Å². The normalized spacial score (nSPS) is 11.1. The number of nitrogens with zero attached hydrogens (tertiary/aromatic N) is 2. The van der Waals surface area contributed by atoms with Crippen molar-refractivity contribution in [2.75, 3.05) is 11.9 Å². The highest BCUT2D eigenvalue weighted by Gasteiger charge is 2.08. The fourth-order valence-corrected chi connectivity index (χ4v) is 2.93. The highest BCUT2D eigenvalue weighted by molar-refractivity contribution is 5.92. The van der Waals surface area contributed by atoms with Crippen LogP contribution in [0.4, 0.5) is 5.69 Å². The van der Waals surface area contributed by atoms with Crippen LogP contribution in [0.15, 0.2) is 78.9 Å². The zero-order valence-corrected chi connectivity index (χ0v) is 16.0. The lowest BCUT2D eigenvalue weighted by Crippen LogP contribution is -2.20. The van der Waals surface area contributed by atoms with Crippen LogP contribution in [-0.2, 0) is 4.79 Å². The number of H-pyrrole nitrogens is 1. The summed E-state index contributed by atoms with van der Waals surface area (Å²) in [6.07, 6.45) is 1.75. The molecular weight excluding hydrogens is 376 g/mol. The van der Waals surface area contributed by atoms with Gasteiger partial charge in [0.1, 0.15) is 17.6 Å². The third-order valence-electron chi connectivity index (χ3n) is 4.38.